The van der Waals surface area contributed by atoms with E-state index in [1.807, 2.05) is 13.0 Å². The van der Waals surface area contributed by atoms with Gasteiger partial charge in [-0.25, -0.2) is 0 Å². The first kappa shape index (κ1) is 17.2. The molecule has 1 unspecified atom stereocenters. The Morgan fingerprint density at radius 3 is 2.52 bits per heavy atom. The second-order valence-electron chi connectivity index (χ2n) is 5.88. The van der Waals surface area contributed by atoms with Crippen molar-refractivity contribution in [2.24, 2.45) is 13.0 Å². The molecule has 1 atom stereocenters. The van der Waals surface area contributed by atoms with Crippen molar-refractivity contribution >= 4 is 11.8 Å². The van der Waals surface area contributed by atoms with E-state index < -0.39 is 0 Å². The molecule has 0 bridgehead atoms. The summed E-state index contributed by atoms with van der Waals surface area (Å²) in [5.41, 5.74) is 1.47. The van der Waals surface area contributed by atoms with Crippen molar-refractivity contribution in [3.05, 3.63) is 17.5 Å². The maximum absolute atomic E-state index is 12.5. The first-order valence-corrected chi connectivity index (χ1v) is 7.26. The van der Waals surface area contributed by atoms with Gasteiger partial charge in [0.05, 0.1) is 5.69 Å². The number of hydrogen-bond donors (Lipinski definition) is 1. The first-order valence-electron chi connectivity index (χ1n) is 7.26. The van der Waals surface area contributed by atoms with E-state index in [9.17, 15) is 9.59 Å². The normalized spacial score (nSPS) is 12.3. The largest absolute Gasteiger partial charge is 0.359 e. The van der Waals surface area contributed by atoms with E-state index in [1.165, 1.54) is 0 Å². The minimum absolute atomic E-state index is 0.0762. The Balaban J connectivity index is 2.82. The Morgan fingerprint density at radius 2 is 2.00 bits per heavy atom. The van der Waals surface area contributed by atoms with Crippen molar-refractivity contribution in [2.75, 3.05) is 14.1 Å². The van der Waals surface area contributed by atoms with Crippen LogP contribution in [0.5, 0.6) is 0 Å². The maximum Gasteiger partial charge on any atom is 0.272 e. The SMILES string of the molecule is CNC(=O)CC(C)N(C)C(=O)c1cc(CC(C)C)nn1C. The summed E-state index contributed by atoms with van der Waals surface area (Å²) in [6, 6.07) is 1.67. The molecule has 1 aromatic rings. The van der Waals surface area contributed by atoms with Crippen LogP contribution in [-0.4, -0.2) is 46.6 Å². The van der Waals surface area contributed by atoms with E-state index in [1.54, 1.807) is 30.7 Å². The van der Waals surface area contributed by atoms with Gasteiger partial charge in [-0.1, -0.05) is 13.8 Å². The molecule has 21 heavy (non-hydrogen) atoms. The molecule has 0 fully saturated rings. The van der Waals surface area contributed by atoms with Crippen molar-refractivity contribution < 1.29 is 9.59 Å². The molecule has 1 rings (SSSR count). The van der Waals surface area contributed by atoms with Crippen LogP contribution in [0, 0.1) is 5.92 Å². The van der Waals surface area contributed by atoms with Crippen LogP contribution >= 0.6 is 0 Å². The minimum atomic E-state index is -0.166. The molecular formula is C15H26N4O2. The van der Waals surface area contributed by atoms with Crippen LogP contribution in [0.1, 0.15) is 43.4 Å². The highest BCUT2D eigenvalue weighted by molar-refractivity contribution is 5.93. The topological polar surface area (TPSA) is 67.2 Å². The Kier molecular flexibility index (Phi) is 5.93. The van der Waals surface area contributed by atoms with Crippen LogP contribution < -0.4 is 5.32 Å². The van der Waals surface area contributed by atoms with Gasteiger partial charge in [0, 0.05) is 33.6 Å². The van der Waals surface area contributed by atoms with Crippen molar-refractivity contribution in [2.45, 2.75) is 39.7 Å². The number of rotatable bonds is 6. The predicted molar refractivity (Wildman–Crippen MR) is 82.0 cm³/mol. The molecule has 2 amide bonds. The van der Waals surface area contributed by atoms with Crippen molar-refractivity contribution in [3.8, 4) is 0 Å². The van der Waals surface area contributed by atoms with Gasteiger partial charge in [0.15, 0.2) is 0 Å². The summed E-state index contributed by atoms with van der Waals surface area (Å²) in [6.07, 6.45) is 1.13. The highest BCUT2D eigenvalue weighted by atomic mass is 16.2. The standard InChI is InChI=1S/C15H26N4O2/c1-10(2)7-12-9-13(19(6)17-12)15(21)18(5)11(3)8-14(20)16-4/h9-11H,7-8H2,1-6H3,(H,16,20). The average molecular weight is 294 g/mol. The summed E-state index contributed by atoms with van der Waals surface area (Å²) in [5, 5.41) is 6.95. The highest BCUT2D eigenvalue weighted by Crippen LogP contribution is 2.13. The lowest BCUT2D eigenvalue weighted by Crippen LogP contribution is -2.39. The summed E-state index contributed by atoms with van der Waals surface area (Å²) >= 11 is 0. The molecule has 0 saturated heterocycles. The summed E-state index contributed by atoms with van der Waals surface area (Å²) in [6.45, 7) is 6.10. The van der Waals surface area contributed by atoms with Gasteiger partial charge in [-0.3, -0.25) is 14.3 Å². The second kappa shape index (κ2) is 7.24. The fourth-order valence-corrected chi connectivity index (χ4v) is 2.13. The number of amides is 2. The van der Waals surface area contributed by atoms with E-state index >= 15 is 0 Å². The molecule has 1 heterocycles. The zero-order chi connectivity index (χ0) is 16.2. The molecule has 118 valence electrons. The fraction of sp³-hybridized carbons (Fsp3) is 0.667. The molecular weight excluding hydrogens is 268 g/mol. The van der Waals surface area contributed by atoms with E-state index in [4.69, 9.17) is 0 Å². The van der Waals surface area contributed by atoms with E-state index in [0.29, 0.717) is 11.6 Å². The number of nitrogens with zero attached hydrogens (tertiary/aromatic N) is 3. The van der Waals surface area contributed by atoms with Gasteiger partial charge in [-0.2, -0.15) is 5.10 Å². The second-order valence-corrected chi connectivity index (χ2v) is 5.88. The lowest BCUT2D eigenvalue weighted by molar-refractivity contribution is -0.121. The summed E-state index contributed by atoms with van der Waals surface area (Å²) in [7, 11) is 5.08. The molecule has 0 aromatic carbocycles. The van der Waals surface area contributed by atoms with E-state index in [2.05, 4.69) is 24.3 Å². The van der Waals surface area contributed by atoms with Crippen LogP contribution in [0.3, 0.4) is 0 Å². The lowest BCUT2D eigenvalue weighted by atomic mass is 10.1. The first-order chi connectivity index (χ1) is 9.76. The molecule has 1 N–H and O–H groups in total. The molecule has 0 aliphatic rings. The molecule has 0 saturated carbocycles. The fourth-order valence-electron chi connectivity index (χ4n) is 2.13. The number of hydrogen-bond acceptors (Lipinski definition) is 3. The van der Waals surface area contributed by atoms with E-state index in [-0.39, 0.29) is 24.3 Å². The molecule has 0 spiro atoms. The quantitative estimate of drug-likeness (QED) is 0.857. The Morgan fingerprint density at radius 1 is 1.38 bits per heavy atom. The minimum Gasteiger partial charge on any atom is -0.359 e. The van der Waals surface area contributed by atoms with Gasteiger partial charge in [-0.05, 0) is 25.3 Å². The van der Waals surface area contributed by atoms with Gasteiger partial charge in [0.1, 0.15) is 5.69 Å². The summed E-state index contributed by atoms with van der Waals surface area (Å²) in [4.78, 5) is 25.5. The summed E-state index contributed by atoms with van der Waals surface area (Å²) in [5.74, 6) is 0.303. The average Bonchev–Trinajstić information content (AvgIpc) is 2.76. The number of nitrogens with one attached hydrogen (secondary N) is 1. The van der Waals surface area contributed by atoms with Crippen LogP contribution in [-0.2, 0) is 18.3 Å². The number of carbonyl (C=O) groups is 2. The zero-order valence-corrected chi connectivity index (χ0v) is 13.8. The predicted octanol–water partition coefficient (Wildman–Crippen LogP) is 1.22. The van der Waals surface area contributed by atoms with Crippen LogP contribution in [0.4, 0.5) is 0 Å². The Labute approximate surface area is 126 Å². The lowest BCUT2D eigenvalue weighted by Gasteiger charge is -2.24. The third kappa shape index (κ3) is 4.58. The summed E-state index contributed by atoms with van der Waals surface area (Å²) < 4.78 is 1.61. The molecule has 6 heteroatoms. The van der Waals surface area contributed by atoms with Crippen LogP contribution in [0.25, 0.3) is 0 Å². The Bertz CT molecular complexity index is 508. The number of aryl methyl sites for hydroxylation is 1. The molecule has 0 radical (unpaired) electrons. The maximum atomic E-state index is 12.5. The number of carbonyl (C=O) groups excluding carboxylic acids is 2. The molecule has 0 aliphatic carbocycles. The monoisotopic (exact) mass is 294 g/mol. The third-order valence-electron chi connectivity index (χ3n) is 3.51. The van der Waals surface area contributed by atoms with Gasteiger partial charge in [0.2, 0.25) is 5.91 Å². The molecule has 0 aliphatic heterocycles. The third-order valence-corrected chi connectivity index (χ3v) is 3.51. The number of aromatic nitrogens is 2. The van der Waals surface area contributed by atoms with Gasteiger partial charge in [0.25, 0.3) is 5.91 Å². The Hall–Kier alpha value is -1.85. The zero-order valence-electron chi connectivity index (χ0n) is 13.8. The highest BCUT2D eigenvalue weighted by Gasteiger charge is 2.22. The van der Waals surface area contributed by atoms with Crippen LogP contribution in [0.15, 0.2) is 6.07 Å². The van der Waals surface area contributed by atoms with Crippen molar-refractivity contribution in [1.29, 1.82) is 0 Å². The molecule has 1 aromatic heterocycles. The van der Waals surface area contributed by atoms with Gasteiger partial charge >= 0.3 is 0 Å². The van der Waals surface area contributed by atoms with Gasteiger partial charge < -0.3 is 10.2 Å². The molecule has 6 nitrogen and oxygen atoms in total. The van der Waals surface area contributed by atoms with Gasteiger partial charge in [-0.15, -0.1) is 0 Å². The van der Waals surface area contributed by atoms with Crippen molar-refractivity contribution in [3.63, 3.8) is 0 Å². The van der Waals surface area contributed by atoms with Crippen LogP contribution in [0.2, 0.25) is 0 Å². The van der Waals surface area contributed by atoms with Crippen molar-refractivity contribution in [1.82, 2.24) is 20.0 Å². The van der Waals surface area contributed by atoms with E-state index in [0.717, 1.165) is 12.1 Å². The smallest absolute Gasteiger partial charge is 0.272 e.